The summed E-state index contributed by atoms with van der Waals surface area (Å²) in [5.41, 5.74) is 3.21. The topological polar surface area (TPSA) is 61.5 Å². The Morgan fingerprint density at radius 2 is 1.93 bits per heavy atom. The third-order valence-corrected chi connectivity index (χ3v) is 5.68. The summed E-state index contributed by atoms with van der Waals surface area (Å²) in [4.78, 5) is 25.2. The average molecular weight is 393 g/mol. The first-order chi connectivity index (χ1) is 14.1. The standard InChI is InChI=1S/C23H28N4O2/c1-17(18-6-5-7-19(15-18)29-2)14-23(28)27-12-10-26(11-13-27)16-22-24-20-8-3-4-9-21(20)25-22/h3-9,15,17H,10-14,16H2,1-2H3,(H,24,25). The lowest BCUT2D eigenvalue weighted by Gasteiger charge is -2.34. The van der Waals surface area contributed by atoms with E-state index in [-0.39, 0.29) is 11.8 Å². The summed E-state index contributed by atoms with van der Waals surface area (Å²) in [5, 5.41) is 0. The summed E-state index contributed by atoms with van der Waals surface area (Å²) < 4.78 is 5.30. The van der Waals surface area contributed by atoms with E-state index in [2.05, 4.69) is 27.9 Å². The van der Waals surface area contributed by atoms with Crippen molar-refractivity contribution in [3.05, 3.63) is 59.9 Å². The molecule has 0 radical (unpaired) electrons. The molecule has 29 heavy (non-hydrogen) atoms. The SMILES string of the molecule is COc1cccc(C(C)CC(=O)N2CCN(Cc3nc4ccccc4[nH]3)CC2)c1. The van der Waals surface area contributed by atoms with Crippen molar-refractivity contribution in [2.75, 3.05) is 33.3 Å². The van der Waals surface area contributed by atoms with E-state index in [0.717, 1.165) is 60.9 Å². The van der Waals surface area contributed by atoms with Gasteiger partial charge < -0.3 is 14.6 Å². The Balaban J connectivity index is 1.28. The molecule has 1 aromatic heterocycles. The number of nitrogens with zero attached hydrogens (tertiary/aromatic N) is 3. The molecular formula is C23H28N4O2. The Morgan fingerprint density at radius 3 is 2.69 bits per heavy atom. The van der Waals surface area contributed by atoms with Gasteiger partial charge in [0.15, 0.2) is 0 Å². The summed E-state index contributed by atoms with van der Waals surface area (Å²) in [5.74, 6) is 2.22. The van der Waals surface area contributed by atoms with Crippen molar-refractivity contribution in [3.8, 4) is 5.75 Å². The number of methoxy groups -OCH3 is 1. The average Bonchev–Trinajstić information content (AvgIpc) is 3.16. The van der Waals surface area contributed by atoms with Gasteiger partial charge in [-0.3, -0.25) is 9.69 Å². The van der Waals surface area contributed by atoms with Gasteiger partial charge in [0.25, 0.3) is 0 Å². The number of imidazole rings is 1. The highest BCUT2D eigenvalue weighted by Crippen LogP contribution is 2.24. The van der Waals surface area contributed by atoms with Crippen LogP contribution in [0.5, 0.6) is 5.75 Å². The quantitative estimate of drug-likeness (QED) is 0.698. The van der Waals surface area contributed by atoms with Crippen LogP contribution in [-0.2, 0) is 11.3 Å². The highest BCUT2D eigenvalue weighted by atomic mass is 16.5. The second kappa shape index (κ2) is 8.66. The Labute approximate surface area is 171 Å². The van der Waals surface area contributed by atoms with E-state index in [4.69, 9.17) is 4.74 Å². The van der Waals surface area contributed by atoms with Crippen LogP contribution >= 0.6 is 0 Å². The van der Waals surface area contributed by atoms with Gasteiger partial charge in [-0.1, -0.05) is 31.2 Å². The first-order valence-corrected chi connectivity index (χ1v) is 10.2. The van der Waals surface area contributed by atoms with Gasteiger partial charge in [-0.25, -0.2) is 4.98 Å². The van der Waals surface area contributed by atoms with Crippen LogP contribution in [0, 0.1) is 0 Å². The van der Waals surface area contributed by atoms with E-state index in [9.17, 15) is 4.79 Å². The van der Waals surface area contributed by atoms with Crippen LogP contribution in [0.3, 0.4) is 0 Å². The number of nitrogens with one attached hydrogen (secondary N) is 1. The molecule has 152 valence electrons. The van der Waals surface area contributed by atoms with Crippen molar-refractivity contribution in [1.82, 2.24) is 19.8 Å². The summed E-state index contributed by atoms with van der Waals surface area (Å²) in [6.45, 7) is 6.17. The minimum Gasteiger partial charge on any atom is -0.497 e. The zero-order chi connectivity index (χ0) is 20.2. The fraction of sp³-hybridized carbons (Fsp3) is 0.391. The maximum atomic E-state index is 12.8. The summed E-state index contributed by atoms with van der Waals surface area (Å²) in [6.07, 6.45) is 0.525. The maximum Gasteiger partial charge on any atom is 0.223 e. The van der Waals surface area contributed by atoms with Crippen LogP contribution in [0.25, 0.3) is 11.0 Å². The molecule has 1 N–H and O–H groups in total. The van der Waals surface area contributed by atoms with Crippen LogP contribution in [0.4, 0.5) is 0 Å². The van der Waals surface area contributed by atoms with Crippen LogP contribution < -0.4 is 4.74 Å². The normalized spacial score (nSPS) is 16.1. The Kier molecular flexibility index (Phi) is 5.81. The van der Waals surface area contributed by atoms with E-state index >= 15 is 0 Å². The molecule has 3 aromatic rings. The third kappa shape index (κ3) is 4.59. The van der Waals surface area contributed by atoms with Crippen LogP contribution in [-0.4, -0.2) is 59.0 Å². The highest BCUT2D eigenvalue weighted by Gasteiger charge is 2.23. The van der Waals surface area contributed by atoms with Crippen LogP contribution in [0.15, 0.2) is 48.5 Å². The van der Waals surface area contributed by atoms with Crippen LogP contribution in [0.2, 0.25) is 0 Å². The molecule has 1 aliphatic rings. The minimum atomic E-state index is 0.172. The number of carbonyl (C=O) groups excluding carboxylic acids is 1. The van der Waals surface area contributed by atoms with Crippen molar-refractivity contribution >= 4 is 16.9 Å². The number of benzene rings is 2. The molecule has 2 heterocycles. The molecule has 6 nitrogen and oxygen atoms in total. The molecule has 1 fully saturated rings. The predicted octanol–water partition coefficient (Wildman–Crippen LogP) is 3.41. The number of para-hydroxylation sites is 2. The van der Waals surface area contributed by atoms with Crippen molar-refractivity contribution in [2.24, 2.45) is 0 Å². The number of hydrogen-bond acceptors (Lipinski definition) is 4. The number of aromatic amines is 1. The fourth-order valence-corrected chi connectivity index (χ4v) is 3.90. The first kappa shape index (κ1) is 19.5. The molecule has 0 aliphatic carbocycles. The van der Waals surface area contributed by atoms with Crippen molar-refractivity contribution in [3.63, 3.8) is 0 Å². The smallest absolute Gasteiger partial charge is 0.223 e. The lowest BCUT2D eigenvalue weighted by molar-refractivity contribution is -0.133. The Hall–Kier alpha value is -2.86. The van der Waals surface area contributed by atoms with E-state index < -0.39 is 0 Å². The van der Waals surface area contributed by atoms with Gasteiger partial charge in [0.1, 0.15) is 11.6 Å². The van der Waals surface area contributed by atoms with Gasteiger partial charge in [0, 0.05) is 32.6 Å². The summed E-state index contributed by atoms with van der Waals surface area (Å²) in [7, 11) is 1.67. The number of fused-ring (bicyclic) bond motifs is 1. The van der Waals surface area contributed by atoms with E-state index in [0.29, 0.717) is 6.42 Å². The van der Waals surface area contributed by atoms with Crippen molar-refractivity contribution in [1.29, 1.82) is 0 Å². The second-order valence-corrected chi connectivity index (χ2v) is 7.74. The number of H-pyrrole nitrogens is 1. The summed E-state index contributed by atoms with van der Waals surface area (Å²) >= 11 is 0. The monoisotopic (exact) mass is 392 g/mol. The van der Waals surface area contributed by atoms with Crippen molar-refractivity contribution in [2.45, 2.75) is 25.8 Å². The number of aromatic nitrogens is 2. The summed E-state index contributed by atoms with van der Waals surface area (Å²) in [6, 6.07) is 16.1. The Bertz CT molecular complexity index is 943. The van der Waals surface area contributed by atoms with Gasteiger partial charge >= 0.3 is 0 Å². The van der Waals surface area contributed by atoms with E-state index in [1.807, 2.05) is 47.4 Å². The zero-order valence-corrected chi connectivity index (χ0v) is 17.1. The van der Waals surface area contributed by atoms with Gasteiger partial charge in [-0.05, 0) is 35.7 Å². The molecule has 0 spiro atoms. The number of amides is 1. The molecule has 0 bridgehead atoms. The van der Waals surface area contributed by atoms with Gasteiger partial charge in [-0.15, -0.1) is 0 Å². The molecule has 4 rings (SSSR count). The number of hydrogen-bond donors (Lipinski definition) is 1. The second-order valence-electron chi connectivity index (χ2n) is 7.74. The number of rotatable bonds is 6. The van der Waals surface area contributed by atoms with Crippen LogP contribution in [0.1, 0.15) is 30.7 Å². The van der Waals surface area contributed by atoms with Gasteiger partial charge in [0.05, 0.1) is 24.7 Å². The largest absolute Gasteiger partial charge is 0.497 e. The molecule has 1 aliphatic heterocycles. The molecular weight excluding hydrogens is 364 g/mol. The molecule has 1 saturated heterocycles. The predicted molar refractivity (Wildman–Crippen MR) is 114 cm³/mol. The molecule has 6 heteroatoms. The third-order valence-electron chi connectivity index (χ3n) is 5.68. The van der Waals surface area contributed by atoms with Crippen molar-refractivity contribution < 1.29 is 9.53 Å². The molecule has 1 amide bonds. The zero-order valence-electron chi connectivity index (χ0n) is 17.1. The van der Waals surface area contributed by atoms with Gasteiger partial charge in [-0.2, -0.15) is 0 Å². The fourth-order valence-electron chi connectivity index (χ4n) is 3.90. The lowest BCUT2D eigenvalue weighted by atomic mass is 9.97. The number of piperazine rings is 1. The first-order valence-electron chi connectivity index (χ1n) is 10.2. The molecule has 0 saturated carbocycles. The molecule has 1 unspecified atom stereocenters. The minimum absolute atomic E-state index is 0.172. The van der Waals surface area contributed by atoms with E-state index in [1.165, 1.54) is 0 Å². The number of ether oxygens (including phenoxy) is 1. The highest BCUT2D eigenvalue weighted by molar-refractivity contribution is 5.77. The molecule has 1 atom stereocenters. The maximum absolute atomic E-state index is 12.8. The molecule has 2 aromatic carbocycles. The Morgan fingerprint density at radius 1 is 1.14 bits per heavy atom. The number of carbonyl (C=O) groups is 1. The lowest BCUT2D eigenvalue weighted by Crippen LogP contribution is -2.48. The van der Waals surface area contributed by atoms with Gasteiger partial charge in [0.2, 0.25) is 5.91 Å². The van der Waals surface area contributed by atoms with E-state index in [1.54, 1.807) is 7.11 Å².